The maximum absolute atomic E-state index is 12.7. The average Bonchev–Trinajstić information content (AvgIpc) is 2.83. The van der Waals surface area contributed by atoms with Gasteiger partial charge in [-0.3, -0.25) is 0 Å². The molecule has 0 aromatic heterocycles. The minimum atomic E-state index is -2.38. The van der Waals surface area contributed by atoms with Crippen LogP contribution in [0.5, 0.6) is 0 Å². The van der Waals surface area contributed by atoms with E-state index in [0.29, 0.717) is 18.4 Å². The van der Waals surface area contributed by atoms with Gasteiger partial charge in [0.25, 0.3) is 0 Å². The number of hydrogen-bond acceptors (Lipinski definition) is 0. The van der Waals surface area contributed by atoms with Crippen molar-refractivity contribution >= 4 is 0 Å². The highest BCUT2D eigenvalue weighted by molar-refractivity contribution is 5.32. The molecule has 0 radical (unpaired) electrons. The van der Waals surface area contributed by atoms with Crippen molar-refractivity contribution in [3.05, 3.63) is 35.6 Å². The van der Waals surface area contributed by atoms with Crippen LogP contribution in [0.15, 0.2) is 24.3 Å². The molecule has 0 nitrogen and oxygen atoms in total. The molecule has 1 aliphatic carbocycles. The molecule has 1 fully saturated rings. The molecule has 0 N–H and O–H groups in total. The number of halogens is 3. The number of benzene rings is 1. The van der Waals surface area contributed by atoms with Gasteiger partial charge in [-0.2, -0.15) is 0 Å². The van der Waals surface area contributed by atoms with E-state index >= 15 is 0 Å². The third kappa shape index (κ3) is 1.32. The van der Waals surface area contributed by atoms with Crippen LogP contribution in [-0.2, 0) is 5.41 Å². The van der Waals surface area contributed by atoms with E-state index < -0.39 is 17.7 Å². The summed E-state index contributed by atoms with van der Waals surface area (Å²) in [6, 6.07) is 5.53. The Kier molecular flexibility index (Phi) is 1.82. The van der Waals surface area contributed by atoms with Crippen molar-refractivity contribution in [2.45, 2.75) is 24.7 Å². The molecule has 3 heteroatoms. The lowest BCUT2D eigenvalue weighted by Gasteiger charge is -2.13. The zero-order valence-corrected chi connectivity index (χ0v) is 6.93. The van der Waals surface area contributed by atoms with Gasteiger partial charge in [0.15, 0.2) is 0 Å². The minimum Gasteiger partial charge on any atom is -0.210 e. The van der Waals surface area contributed by atoms with E-state index in [4.69, 9.17) is 0 Å². The first-order valence-electron chi connectivity index (χ1n) is 4.19. The molecule has 0 saturated heterocycles. The lowest BCUT2D eigenvalue weighted by atomic mass is 9.97. The van der Waals surface area contributed by atoms with Crippen LogP contribution in [0, 0.1) is 5.82 Å². The van der Waals surface area contributed by atoms with Gasteiger partial charge in [0.2, 0.25) is 6.43 Å². The fourth-order valence-corrected chi connectivity index (χ4v) is 1.57. The molecular weight excluding hydrogens is 177 g/mol. The van der Waals surface area contributed by atoms with Gasteiger partial charge in [-0.25, -0.2) is 13.2 Å². The van der Waals surface area contributed by atoms with Gasteiger partial charge in [0.05, 0.1) is 5.41 Å². The SMILES string of the molecule is Fc1cccc(C2(C(F)F)CC2)c1. The van der Waals surface area contributed by atoms with Gasteiger partial charge >= 0.3 is 0 Å². The van der Waals surface area contributed by atoms with Gasteiger partial charge in [0, 0.05) is 0 Å². The lowest BCUT2D eigenvalue weighted by Crippen LogP contribution is -2.17. The third-order valence-electron chi connectivity index (χ3n) is 2.61. The first-order chi connectivity index (χ1) is 6.15. The number of rotatable bonds is 2. The van der Waals surface area contributed by atoms with Gasteiger partial charge in [-0.1, -0.05) is 12.1 Å². The van der Waals surface area contributed by atoms with Gasteiger partial charge in [0.1, 0.15) is 5.82 Å². The molecule has 0 atom stereocenters. The van der Waals surface area contributed by atoms with Crippen LogP contribution < -0.4 is 0 Å². The van der Waals surface area contributed by atoms with Crippen molar-refractivity contribution in [2.24, 2.45) is 0 Å². The zero-order valence-electron chi connectivity index (χ0n) is 6.93. The van der Waals surface area contributed by atoms with Crippen molar-refractivity contribution in [1.82, 2.24) is 0 Å². The Morgan fingerprint density at radius 2 is 1.92 bits per heavy atom. The highest BCUT2D eigenvalue weighted by Crippen LogP contribution is 2.52. The summed E-state index contributed by atoms with van der Waals surface area (Å²) in [5.74, 6) is -0.440. The Labute approximate surface area is 74.4 Å². The summed E-state index contributed by atoms with van der Waals surface area (Å²) in [7, 11) is 0. The van der Waals surface area contributed by atoms with Crippen LogP contribution >= 0.6 is 0 Å². The second kappa shape index (κ2) is 2.76. The van der Waals surface area contributed by atoms with Crippen molar-refractivity contribution in [2.75, 3.05) is 0 Å². The van der Waals surface area contributed by atoms with Crippen LogP contribution in [0.1, 0.15) is 18.4 Å². The standard InChI is InChI=1S/C10H9F3/c11-8-3-1-2-7(6-8)10(4-5-10)9(12)13/h1-3,6,9H,4-5H2. The van der Waals surface area contributed by atoms with Gasteiger partial charge in [-0.15, -0.1) is 0 Å². The van der Waals surface area contributed by atoms with Gasteiger partial charge < -0.3 is 0 Å². The largest absolute Gasteiger partial charge is 0.248 e. The summed E-state index contributed by atoms with van der Waals surface area (Å²) in [5.41, 5.74) is -0.607. The number of alkyl halides is 2. The van der Waals surface area contributed by atoms with Crippen molar-refractivity contribution in [1.29, 1.82) is 0 Å². The van der Waals surface area contributed by atoms with Crippen molar-refractivity contribution in [3.63, 3.8) is 0 Å². The second-order valence-electron chi connectivity index (χ2n) is 3.47. The summed E-state index contributed by atoms with van der Waals surface area (Å²) in [6.07, 6.45) is -1.45. The van der Waals surface area contributed by atoms with E-state index in [0.717, 1.165) is 0 Å². The monoisotopic (exact) mass is 186 g/mol. The molecule has 1 aliphatic rings. The highest BCUT2D eigenvalue weighted by Gasteiger charge is 2.52. The maximum atomic E-state index is 12.7. The van der Waals surface area contributed by atoms with Crippen LogP contribution in [0.3, 0.4) is 0 Å². The van der Waals surface area contributed by atoms with Crippen LogP contribution in [0.4, 0.5) is 13.2 Å². The molecule has 1 aromatic rings. The molecule has 0 amide bonds. The Morgan fingerprint density at radius 1 is 1.23 bits per heavy atom. The average molecular weight is 186 g/mol. The Morgan fingerprint density at radius 3 is 2.38 bits per heavy atom. The first-order valence-corrected chi connectivity index (χ1v) is 4.19. The normalized spacial score (nSPS) is 19.1. The quantitative estimate of drug-likeness (QED) is 0.665. The van der Waals surface area contributed by atoms with E-state index in [1.165, 1.54) is 18.2 Å². The third-order valence-corrected chi connectivity index (χ3v) is 2.61. The smallest absolute Gasteiger partial charge is 0.210 e. The molecule has 1 saturated carbocycles. The molecule has 0 heterocycles. The van der Waals surface area contributed by atoms with E-state index in [1.807, 2.05) is 0 Å². The fourth-order valence-electron chi connectivity index (χ4n) is 1.57. The van der Waals surface area contributed by atoms with Crippen molar-refractivity contribution < 1.29 is 13.2 Å². The molecular formula is C10H9F3. The molecule has 2 rings (SSSR count). The topological polar surface area (TPSA) is 0 Å². The predicted octanol–water partition coefficient (Wildman–Crippen LogP) is 3.12. The highest BCUT2D eigenvalue weighted by atomic mass is 19.3. The molecule has 0 unspecified atom stereocenters. The van der Waals surface area contributed by atoms with E-state index in [2.05, 4.69) is 0 Å². The van der Waals surface area contributed by atoms with Crippen LogP contribution in [-0.4, -0.2) is 6.43 Å². The molecule has 13 heavy (non-hydrogen) atoms. The molecule has 1 aromatic carbocycles. The first kappa shape index (κ1) is 8.60. The van der Waals surface area contributed by atoms with Crippen LogP contribution in [0.2, 0.25) is 0 Å². The summed E-state index contributed by atoms with van der Waals surface area (Å²) < 4.78 is 37.9. The molecule has 0 aliphatic heterocycles. The summed E-state index contributed by atoms with van der Waals surface area (Å²) in [6.45, 7) is 0. The molecule has 70 valence electrons. The Hall–Kier alpha value is -0.990. The Bertz CT molecular complexity index is 316. The summed E-state index contributed by atoms with van der Waals surface area (Å²) >= 11 is 0. The van der Waals surface area contributed by atoms with Crippen molar-refractivity contribution in [3.8, 4) is 0 Å². The predicted molar refractivity (Wildman–Crippen MR) is 43.3 cm³/mol. The molecule has 0 spiro atoms. The zero-order chi connectivity index (χ0) is 9.47. The fraction of sp³-hybridized carbons (Fsp3) is 0.400. The number of hydrogen-bond donors (Lipinski definition) is 0. The summed E-state index contributed by atoms with van der Waals surface area (Å²) in [5, 5.41) is 0. The second-order valence-corrected chi connectivity index (χ2v) is 3.47. The maximum Gasteiger partial charge on any atom is 0.248 e. The lowest BCUT2D eigenvalue weighted by molar-refractivity contribution is 0.102. The Balaban J connectivity index is 2.35. The van der Waals surface area contributed by atoms with E-state index in [-0.39, 0.29) is 0 Å². The van der Waals surface area contributed by atoms with Gasteiger partial charge in [-0.05, 0) is 30.5 Å². The molecule has 0 bridgehead atoms. The minimum absolute atomic E-state index is 0.433. The van der Waals surface area contributed by atoms with Crippen LogP contribution in [0.25, 0.3) is 0 Å². The summed E-state index contributed by atoms with van der Waals surface area (Å²) in [4.78, 5) is 0. The van der Waals surface area contributed by atoms with E-state index in [9.17, 15) is 13.2 Å². The van der Waals surface area contributed by atoms with E-state index in [1.54, 1.807) is 6.07 Å².